The zero-order valence-electron chi connectivity index (χ0n) is 11.3. The van der Waals surface area contributed by atoms with E-state index in [1.54, 1.807) is 12.1 Å². The van der Waals surface area contributed by atoms with Crippen molar-refractivity contribution in [1.82, 2.24) is 0 Å². The molecule has 0 heterocycles. The van der Waals surface area contributed by atoms with Crippen LogP contribution in [-0.2, 0) is 0 Å². The van der Waals surface area contributed by atoms with Gasteiger partial charge >= 0.3 is 0 Å². The van der Waals surface area contributed by atoms with Crippen LogP contribution in [0.4, 0.5) is 11.4 Å². The summed E-state index contributed by atoms with van der Waals surface area (Å²) < 4.78 is 0. The van der Waals surface area contributed by atoms with Crippen LogP contribution in [0.2, 0.25) is 0 Å². The molecular formula is C14H21N3O2. The van der Waals surface area contributed by atoms with E-state index in [9.17, 15) is 10.1 Å². The van der Waals surface area contributed by atoms with Crippen molar-refractivity contribution in [2.75, 3.05) is 5.32 Å². The molecule has 1 aromatic rings. The van der Waals surface area contributed by atoms with Crippen LogP contribution >= 0.6 is 0 Å². The molecule has 2 atom stereocenters. The summed E-state index contributed by atoms with van der Waals surface area (Å²) >= 11 is 0. The highest BCUT2D eigenvalue weighted by molar-refractivity contribution is 5.56. The number of nitrogens with one attached hydrogen (secondary N) is 1. The minimum absolute atomic E-state index is 0.133. The summed E-state index contributed by atoms with van der Waals surface area (Å²) in [7, 11) is 0. The highest BCUT2D eigenvalue weighted by Crippen LogP contribution is 2.25. The van der Waals surface area contributed by atoms with Crippen molar-refractivity contribution in [2.24, 2.45) is 5.73 Å². The smallest absolute Gasteiger partial charge is 0.269 e. The standard InChI is InChI=1S/C14H21N3O2/c1-10-9-11(17(18)19)7-8-13(10)16-14-6-4-2-3-5-12(14)15/h7-9,12,14,16H,2-6,15H2,1H3. The predicted octanol–water partition coefficient (Wildman–Crippen LogP) is 2.98. The van der Waals surface area contributed by atoms with Crippen LogP contribution in [0.15, 0.2) is 18.2 Å². The van der Waals surface area contributed by atoms with Crippen LogP contribution in [-0.4, -0.2) is 17.0 Å². The van der Waals surface area contributed by atoms with Crippen molar-refractivity contribution < 1.29 is 4.92 Å². The van der Waals surface area contributed by atoms with Gasteiger partial charge in [0, 0.05) is 29.9 Å². The highest BCUT2D eigenvalue weighted by Gasteiger charge is 2.21. The van der Waals surface area contributed by atoms with E-state index in [1.807, 2.05) is 6.92 Å². The Hall–Kier alpha value is -1.62. The fourth-order valence-corrected chi connectivity index (χ4v) is 2.64. The average Bonchev–Trinajstić information content (AvgIpc) is 2.57. The van der Waals surface area contributed by atoms with Gasteiger partial charge in [0.05, 0.1) is 4.92 Å². The van der Waals surface area contributed by atoms with Gasteiger partial charge in [-0.3, -0.25) is 10.1 Å². The number of nitro groups is 1. The molecule has 3 N–H and O–H groups in total. The molecule has 1 aromatic carbocycles. The van der Waals surface area contributed by atoms with E-state index in [-0.39, 0.29) is 22.7 Å². The molecule has 104 valence electrons. The van der Waals surface area contributed by atoms with Crippen LogP contribution in [0.5, 0.6) is 0 Å². The summed E-state index contributed by atoms with van der Waals surface area (Å²) in [6.45, 7) is 1.89. The molecule has 19 heavy (non-hydrogen) atoms. The minimum Gasteiger partial charge on any atom is -0.381 e. The SMILES string of the molecule is Cc1cc([N+](=O)[O-])ccc1NC1CCCCCC1N. The Labute approximate surface area is 113 Å². The van der Waals surface area contributed by atoms with Gasteiger partial charge in [-0.15, -0.1) is 0 Å². The van der Waals surface area contributed by atoms with E-state index in [2.05, 4.69) is 5.32 Å². The van der Waals surface area contributed by atoms with E-state index >= 15 is 0 Å². The fraction of sp³-hybridized carbons (Fsp3) is 0.571. The van der Waals surface area contributed by atoms with Gasteiger partial charge in [-0.25, -0.2) is 0 Å². The largest absolute Gasteiger partial charge is 0.381 e. The van der Waals surface area contributed by atoms with Crippen molar-refractivity contribution in [2.45, 2.75) is 51.1 Å². The zero-order valence-corrected chi connectivity index (χ0v) is 11.3. The molecule has 0 bridgehead atoms. The molecule has 1 aliphatic carbocycles. The van der Waals surface area contributed by atoms with Crippen LogP contribution < -0.4 is 11.1 Å². The van der Waals surface area contributed by atoms with Gasteiger partial charge in [0.1, 0.15) is 0 Å². The molecule has 0 aliphatic heterocycles. The van der Waals surface area contributed by atoms with Crippen LogP contribution in [0.3, 0.4) is 0 Å². The van der Waals surface area contributed by atoms with Gasteiger partial charge in [0.15, 0.2) is 0 Å². The first-order valence-electron chi connectivity index (χ1n) is 6.85. The lowest BCUT2D eigenvalue weighted by Gasteiger charge is -2.24. The van der Waals surface area contributed by atoms with Gasteiger partial charge < -0.3 is 11.1 Å². The van der Waals surface area contributed by atoms with E-state index in [4.69, 9.17) is 5.73 Å². The Balaban J connectivity index is 2.11. The van der Waals surface area contributed by atoms with Crippen LogP contribution in [0.1, 0.15) is 37.7 Å². The second-order valence-corrected chi connectivity index (χ2v) is 5.31. The number of aryl methyl sites for hydroxylation is 1. The number of nitro benzene ring substituents is 1. The summed E-state index contributed by atoms with van der Waals surface area (Å²) in [5, 5.41) is 14.2. The Kier molecular flexibility index (Phi) is 4.37. The lowest BCUT2D eigenvalue weighted by Crippen LogP contribution is -2.39. The number of non-ortho nitro benzene ring substituents is 1. The fourth-order valence-electron chi connectivity index (χ4n) is 2.64. The van der Waals surface area contributed by atoms with Crippen molar-refractivity contribution >= 4 is 11.4 Å². The molecule has 0 saturated heterocycles. The summed E-state index contributed by atoms with van der Waals surface area (Å²) in [5.74, 6) is 0. The Morgan fingerprint density at radius 3 is 2.74 bits per heavy atom. The van der Waals surface area contributed by atoms with Gasteiger partial charge in [0.25, 0.3) is 5.69 Å². The summed E-state index contributed by atoms with van der Waals surface area (Å²) in [6, 6.07) is 5.35. The lowest BCUT2D eigenvalue weighted by molar-refractivity contribution is -0.384. The molecule has 2 rings (SSSR count). The molecule has 1 aliphatic rings. The number of hydrogen-bond donors (Lipinski definition) is 2. The third-order valence-corrected chi connectivity index (χ3v) is 3.83. The number of benzene rings is 1. The zero-order chi connectivity index (χ0) is 13.8. The Morgan fingerprint density at radius 2 is 2.05 bits per heavy atom. The van der Waals surface area contributed by atoms with Crippen molar-refractivity contribution in [1.29, 1.82) is 0 Å². The number of nitrogens with zero attached hydrogens (tertiary/aromatic N) is 1. The summed E-state index contributed by atoms with van der Waals surface area (Å²) in [5.41, 5.74) is 8.16. The molecule has 0 amide bonds. The number of rotatable bonds is 3. The van der Waals surface area contributed by atoms with E-state index in [0.717, 1.165) is 24.1 Å². The van der Waals surface area contributed by atoms with Gasteiger partial charge in [-0.05, 0) is 31.4 Å². The molecule has 1 saturated carbocycles. The van der Waals surface area contributed by atoms with Crippen LogP contribution in [0.25, 0.3) is 0 Å². The number of nitrogens with two attached hydrogens (primary N) is 1. The van der Waals surface area contributed by atoms with Crippen LogP contribution in [0, 0.1) is 17.0 Å². The lowest BCUT2D eigenvalue weighted by atomic mass is 10.0. The second kappa shape index (κ2) is 6.02. The van der Waals surface area contributed by atoms with Crippen molar-refractivity contribution in [3.63, 3.8) is 0 Å². The summed E-state index contributed by atoms with van der Waals surface area (Å²) in [6.07, 6.45) is 5.74. The first kappa shape index (κ1) is 13.8. The van der Waals surface area contributed by atoms with Gasteiger partial charge in [0.2, 0.25) is 0 Å². The maximum Gasteiger partial charge on any atom is 0.269 e. The number of anilines is 1. The minimum atomic E-state index is -0.367. The van der Waals surface area contributed by atoms with Gasteiger partial charge in [-0.1, -0.05) is 19.3 Å². The predicted molar refractivity (Wildman–Crippen MR) is 76.3 cm³/mol. The first-order chi connectivity index (χ1) is 9.08. The molecular weight excluding hydrogens is 242 g/mol. The highest BCUT2D eigenvalue weighted by atomic mass is 16.6. The third-order valence-electron chi connectivity index (χ3n) is 3.83. The number of hydrogen-bond acceptors (Lipinski definition) is 4. The maximum atomic E-state index is 10.7. The van der Waals surface area contributed by atoms with E-state index in [1.165, 1.54) is 25.3 Å². The van der Waals surface area contributed by atoms with E-state index in [0.29, 0.717) is 0 Å². The monoisotopic (exact) mass is 263 g/mol. The quantitative estimate of drug-likeness (QED) is 0.499. The van der Waals surface area contributed by atoms with Gasteiger partial charge in [-0.2, -0.15) is 0 Å². The molecule has 0 aromatic heterocycles. The molecule has 5 nitrogen and oxygen atoms in total. The molecule has 1 fully saturated rings. The molecule has 0 radical (unpaired) electrons. The van der Waals surface area contributed by atoms with Crippen molar-refractivity contribution in [3.8, 4) is 0 Å². The maximum absolute atomic E-state index is 10.7. The Morgan fingerprint density at radius 1 is 1.32 bits per heavy atom. The molecule has 2 unspecified atom stereocenters. The topological polar surface area (TPSA) is 81.2 Å². The normalized spacial score (nSPS) is 23.7. The molecule has 0 spiro atoms. The molecule has 5 heteroatoms. The Bertz CT molecular complexity index is 462. The second-order valence-electron chi connectivity index (χ2n) is 5.31. The summed E-state index contributed by atoms with van der Waals surface area (Å²) in [4.78, 5) is 10.4. The third kappa shape index (κ3) is 3.44. The van der Waals surface area contributed by atoms with E-state index < -0.39 is 0 Å². The van der Waals surface area contributed by atoms with Crippen molar-refractivity contribution in [3.05, 3.63) is 33.9 Å². The first-order valence-corrected chi connectivity index (χ1v) is 6.85. The average molecular weight is 263 g/mol.